The van der Waals surface area contributed by atoms with Crippen molar-refractivity contribution in [2.24, 2.45) is 0 Å². The third-order valence-electron chi connectivity index (χ3n) is 3.21. The average Bonchev–Trinajstić information content (AvgIpc) is 2.56. The van der Waals surface area contributed by atoms with Crippen LogP contribution in [0.5, 0.6) is 0 Å². The molecule has 0 aliphatic heterocycles. The molecule has 2 aromatic carbocycles. The van der Waals surface area contributed by atoms with Gasteiger partial charge in [0.2, 0.25) is 5.91 Å². The molecule has 120 valence electrons. The molecule has 3 N–H and O–H groups in total. The van der Waals surface area contributed by atoms with E-state index in [-0.39, 0.29) is 17.8 Å². The minimum absolute atomic E-state index is 0.124. The molecule has 0 aliphatic carbocycles. The highest BCUT2D eigenvalue weighted by Gasteiger charge is 2.04. The Bertz CT molecular complexity index is 669. The van der Waals surface area contributed by atoms with Crippen LogP contribution in [0.2, 0.25) is 0 Å². The van der Waals surface area contributed by atoms with Gasteiger partial charge in [0.25, 0.3) is 0 Å². The Kier molecular flexibility index (Phi) is 5.68. The second-order valence-electron chi connectivity index (χ2n) is 4.96. The molecule has 0 heterocycles. The Balaban J connectivity index is 1.82. The number of carbonyl (C=O) groups excluding carboxylic acids is 2. The van der Waals surface area contributed by atoms with Crippen molar-refractivity contribution in [3.8, 4) is 0 Å². The summed E-state index contributed by atoms with van der Waals surface area (Å²) in [5.41, 5.74) is 2.19. The van der Waals surface area contributed by atoms with Crippen LogP contribution in [0.4, 0.5) is 20.6 Å². The number of urea groups is 1. The smallest absolute Gasteiger partial charge is 0.318 e. The van der Waals surface area contributed by atoms with Gasteiger partial charge in [0.15, 0.2) is 0 Å². The quantitative estimate of drug-likeness (QED) is 0.793. The molecule has 23 heavy (non-hydrogen) atoms. The van der Waals surface area contributed by atoms with E-state index in [9.17, 15) is 14.0 Å². The van der Waals surface area contributed by atoms with Gasteiger partial charge in [-0.1, -0.05) is 12.1 Å². The number of amides is 3. The maximum Gasteiger partial charge on any atom is 0.318 e. The zero-order chi connectivity index (χ0) is 16.7. The van der Waals surface area contributed by atoms with Gasteiger partial charge in [-0.15, -0.1) is 0 Å². The van der Waals surface area contributed by atoms with Gasteiger partial charge in [-0.3, -0.25) is 4.79 Å². The minimum atomic E-state index is -0.305. The number of hydrogen-bond donors (Lipinski definition) is 3. The largest absolute Gasteiger partial charge is 0.341 e. The van der Waals surface area contributed by atoms with Gasteiger partial charge >= 0.3 is 6.03 Å². The number of rotatable bonds is 5. The van der Waals surface area contributed by atoms with Crippen LogP contribution < -0.4 is 16.0 Å². The fraction of sp³-hybridized carbons (Fsp3) is 0.176. The van der Waals surface area contributed by atoms with Crippen molar-refractivity contribution in [1.29, 1.82) is 0 Å². The molecular weight excluding hydrogens is 297 g/mol. The number of hydrogen-bond acceptors (Lipinski definition) is 2. The molecule has 3 amide bonds. The lowest BCUT2D eigenvalue weighted by Crippen LogP contribution is -2.24. The summed E-state index contributed by atoms with van der Waals surface area (Å²) in [5, 5.41) is 7.86. The molecule has 0 atom stereocenters. The molecule has 2 aromatic rings. The van der Waals surface area contributed by atoms with Crippen LogP contribution in [0, 0.1) is 5.82 Å². The predicted molar refractivity (Wildman–Crippen MR) is 87.9 cm³/mol. The Morgan fingerprint density at radius 2 is 1.48 bits per heavy atom. The molecule has 0 aliphatic rings. The summed E-state index contributed by atoms with van der Waals surface area (Å²) in [5.74, 6) is -0.412. The first kappa shape index (κ1) is 16.5. The van der Waals surface area contributed by atoms with E-state index in [0.29, 0.717) is 24.2 Å². The molecule has 0 bridgehead atoms. The van der Waals surface area contributed by atoms with E-state index in [1.165, 1.54) is 19.2 Å². The van der Waals surface area contributed by atoms with Crippen LogP contribution in [-0.2, 0) is 11.2 Å². The lowest BCUT2D eigenvalue weighted by atomic mass is 10.1. The molecular formula is C17H18FN3O2. The first-order valence-corrected chi connectivity index (χ1v) is 7.20. The summed E-state index contributed by atoms with van der Waals surface area (Å²) in [6, 6.07) is 12.6. The lowest BCUT2D eigenvalue weighted by molar-refractivity contribution is -0.116. The van der Waals surface area contributed by atoms with Crippen molar-refractivity contribution in [3.63, 3.8) is 0 Å². The minimum Gasteiger partial charge on any atom is -0.341 e. The van der Waals surface area contributed by atoms with Crippen molar-refractivity contribution < 1.29 is 14.0 Å². The number of anilines is 2. The average molecular weight is 315 g/mol. The van der Waals surface area contributed by atoms with Gasteiger partial charge < -0.3 is 16.0 Å². The highest BCUT2D eigenvalue weighted by molar-refractivity contribution is 5.92. The zero-order valence-corrected chi connectivity index (χ0v) is 12.7. The van der Waals surface area contributed by atoms with Crippen molar-refractivity contribution >= 4 is 23.3 Å². The van der Waals surface area contributed by atoms with Crippen molar-refractivity contribution in [2.45, 2.75) is 12.8 Å². The third-order valence-corrected chi connectivity index (χ3v) is 3.21. The van der Waals surface area contributed by atoms with Crippen LogP contribution in [0.1, 0.15) is 12.0 Å². The van der Waals surface area contributed by atoms with Gasteiger partial charge in [-0.05, 0) is 48.4 Å². The molecule has 0 unspecified atom stereocenters. The maximum absolute atomic E-state index is 12.8. The Morgan fingerprint density at radius 1 is 0.913 bits per heavy atom. The highest BCUT2D eigenvalue weighted by atomic mass is 19.1. The van der Waals surface area contributed by atoms with Gasteiger partial charge in [-0.2, -0.15) is 0 Å². The van der Waals surface area contributed by atoms with Crippen molar-refractivity contribution in [3.05, 3.63) is 59.9 Å². The zero-order valence-electron chi connectivity index (χ0n) is 12.7. The number of nitrogens with one attached hydrogen (secondary N) is 3. The second kappa shape index (κ2) is 7.93. The van der Waals surface area contributed by atoms with Gasteiger partial charge in [0.1, 0.15) is 5.82 Å². The van der Waals surface area contributed by atoms with Gasteiger partial charge in [0.05, 0.1) is 0 Å². The molecule has 6 heteroatoms. The van der Waals surface area contributed by atoms with Crippen LogP contribution in [0.3, 0.4) is 0 Å². The maximum atomic E-state index is 12.8. The van der Waals surface area contributed by atoms with Crippen LogP contribution >= 0.6 is 0 Å². The number of aryl methyl sites for hydroxylation is 1. The van der Waals surface area contributed by atoms with Crippen molar-refractivity contribution in [1.82, 2.24) is 5.32 Å². The summed E-state index contributed by atoms with van der Waals surface area (Å²) < 4.78 is 12.8. The normalized spacial score (nSPS) is 10.0. The van der Waals surface area contributed by atoms with Gasteiger partial charge in [-0.25, -0.2) is 9.18 Å². The molecule has 0 radical (unpaired) electrons. The molecule has 2 rings (SSSR count). The van der Waals surface area contributed by atoms with Crippen molar-refractivity contribution in [2.75, 3.05) is 17.7 Å². The van der Waals surface area contributed by atoms with E-state index in [4.69, 9.17) is 0 Å². The van der Waals surface area contributed by atoms with Crippen LogP contribution in [-0.4, -0.2) is 19.0 Å². The van der Waals surface area contributed by atoms with E-state index < -0.39 is 0 Å². The monoisotopic (exact) mass is 315 g/mol. The Morgan fingerprint density at radius 3 is 2.04 bits per heavy atom. The van der Waals surface area contributed by atoms with E-state index >= 15 is 0 Å². The molecule has 0 spiro atoms. The second-order valence-corrected chi connectivity index (χ2v) is 4.96. The molecule has 0 saturated carbocycles. The third kappa shape index (κ3) is 5.43. The number of benzene rings is 2. The summed E-state index contributed by atoms with van der Waals surface area (Å²) in [6.45, 7) is 0. The van der Waals surface area contributed by atoms with Gasteiger partial charge in [0, 0.05) is 24.8 Å². The lowest BCUT2D eigenvalue weighted by Gasteiger charge is -2.08. The molecule has 0 fully saturated rings. The Hall–Kier alpha value is -2.89. The van der Waals surface area contributed by atoms with E-state index in [0.717, 1.165) is 5.56 Å². The molecule has 5 nitrogen and oxygen atoms in total. The SMILES string of the molecule is CNC(=O)Nc1ccc(NC(=O)CCc2ccc(F)cc2)cc1. The summed E-state index contributed by atoms with van der Waals surface area (Å²) >= 11 is 0. The molecule has 0 aromatic heterocycles. The summed E-state index contributed by atoms with van der Waals surface area (Å²) in [4.78, 5) is 23.1. The highest BCUT2D eigenvalue weighted by Crippen LogP contribution is 2.14. The number of halogens is 1. The van der Waals surface area contributed by atoms with E-state index in [1.54, 1.807) is 36.4 Å². The summed E-state index contributed by atoms with van der Waals surface area (Å²) in [6.07, 6.45) is 0.853. The van der Waals surface area contributed by atoms with Crippen LogP contribution in [0.15, 0.2) is 48.5 Å². The fourth-order valence-electron chi connectivity index (χ4n) is 1.96. The Labute approximate surface area is 133 Å². The predicted octanol–water partition coefficient (Wildman–Crippen LogP) is 3.15. The molecule has 0 saturated heterocycles. The topological polar surface area (TPSA) is 70.2 Å². The van der Waals surface area contributed by atoms with E-state index in [2.05, 4.69) is 16.0 Å². The standard InChI is InChI=1S/C17H18FN3O2/c1-19-17(23)21-15-9-7-14(8-10-15)20-16(22)11-4-12-2-5-13(18)6-3-12/h2-3,5-10H,4,11H2,1H3,(H,20,22)(H2,19,21,23). The summed E-state index contributed by atoms with van der Waals surface area (Å²) in [7, 11) is 1.53. The first-order valence-electron chi connectivity index (χ1n) is 7.20. The first-order chi connectivity index (χ1) is 11.1. The van der Waals surface area contributed by atoms with E-state index in [1.807, 2.05) is 0 Å². The number of carbonyl (C=O) groups is 2. The fourth-order valence-corrected chi connectivity index (χ4v) is 1.96. The van der Waals surface area contributed by atoms with Crippen LogP contribution in [0.25, 0.3) is 0 Å².